The smallest absolute Gasteiger partial charge is 0.242 e. The topological polar surface area (TPSA) is 36.7 Å². The van der Waals surface area contributed by atoms with Crippen molar-refractivity contribution >= 4 is 11.6 Å². The lowest BCUT2D eigenvalue weighted by molar-refractivity contribution is -0.131. The summed E-state index contributed by atoms with van der Waals surface area (Å²) in [5, 5.41) is 0. The highest BCUT2D eigenvalue weighted by atomic mass is 16.3. The normalized spacial score (nSPS) is 16.5. The molecule has 2 aliphatic rings. The van der Waals surface area contributed by atoms with Crippen molar-refractivity contribution in [2.75, 3.05) is 18.0 Å². The number of fused-ring (bicyclic) bond motifs is 1. The predicted octanol–water partition coefficient (Wildman–Crippen LogP) is 3.14. The number of carbonyl (C=O) groups is 1. The van der Waals surface area contributed by atoms with Gasteiger partial charge in [0.2, 0.25) is 5.91 Å². The van der Waals surface area contributed by atoms with Crippen molar-refractivity contribution in [3.63, 3.8) is 0 Å². The van der Waals surface area contributed by atoms with Gasteiger partial charge in [-0.15, -0.1) is 0 Å². The molecule has 1 aliphatic heterocycles. The van der Waals surface area contributed by atoms with E-state index >= 15 is 0 Å². The Labute approximate surface area is 136 Å². The largest absolute Gasteiger partial charge is 0.464 e. The fourth-order valence-electron chi connectivity index (χ4n) is 3.37. The second-order valence-electron chi connectivity index (χ2n) is 6.57. The van der Waals surface area contributed by atoms with Crippen LogP contribution in [0.5, 0.6) is 0 Å². The zero-order valence-corrected chi connectivity index (χ0v) is 13.5. The maximum absolute atomic E-state index is 12.8. The van der Waals surface area contributed by atoms with Gasteiger partial charge in [0, 0.05) is 18.3 Å². The minimum atomic E-state index is 0.207. The Morgan fingerprint density at radius 3 is 2.83 bits per heavy atom. The fraction of sp³-hybridized carbons (Fsp3) is 0.421. The van der Waals surface area contributed by atoms with Crippen LogP contribution in [0.25, 0.3) is 0 Å². The standard InChI is InChI=1S/C19H22N2O2/c1-14-6-9-17(23-14)12-21(16-7-8-16)19(22)13-20-11-10-15-4-2-3-5-18(15)20/h2-6,9,16H,7-8,10-13H2,1H3. The SMILES string of the molecule is Cc1ccc(CN(C(=O)CN2CCc3ccccc32)C2CC2)o1. The van der Waals surface area contributed by atoms with Crippen LogP contribution in [0.3, 0.4) is 0 Å². The molecule has 2 heterocycles. The number of hydrogen-bond acceptors (Lipinski definition) is 3. The molecule has 1 aromatic carbocycles. The van der Waals surface area contributed by atoms with Crippen LogP contribution in [0, 0.1) is 6.92 Å². The van der Waals surface area contributed by atoms with Crippen LogP contribution >= 0.6 is 0 Å². The number of benzene rings is 1. The number of aryl methyl sites for hydroxylation is 1. The fourth-order valence-corrected chi connectivity index (χ4v) is 3.37. The third-order valence-electron chi connectivity index (χ3n) is 4.74. The predicted molar refractivity (Wildman–Crippen MR) is 89.4 cm³/mol. The van der Waals surface area contributed by atoms with Gasteiger partial charge in [0.25, 0.3) is 0 Å². The molecule has 0 unspecified atom stereocenters. The Kier molecular flexibility index (Phi) is 3.60. The van der Waals surface area contributed by atoms with E-state index in [-0.39, 0.29) is 5.91 Å². The van der Waals surface area contributed by atoms with Gasteiger partial charge < -0.3 is 14.2 Å². The van der Waals surface area contributed by atoms with Crippen molar-refractivity contribution in [2.24, 2.45) is 0 Å². The Hall–Kier alpha value is -2.23. The molecule has 4 heteroatoms. The van der Waals surface area contributed by atoms with Gasteiger partial charge in [-0.25, -0.2) is 0 Å². The van der Waals surface area contributed by atoms with Gasteiger partial charge in [0.05, 0.1) is 13.1 Å². The molecular weight excluding hydrogens is 288 g/mol. The minimum Gasteiger partial charge on any atom is -0.464 e. The second-order valence-corrected chi connectivity index (χ2v) is 6.57. The van der Waals surface area contributed by atoms with Crippen molar-refractivity contribution in [3.05, 3.63) is 53.5 Å². The quantitative estimate of drug-likeness (QED) is 0.851. The van der Waals surface area contributed by atoms with Gasteiger partial charge >= 0.3 is 0 Å². The number of carbonyl (C=O) groups excluding carboxylic acids is 1. The lowest BCUT2D eigenvalue weighted by Crippen LogP contribution is -2.40. The van der Waals surface area contributed by atoms with Crippen LogP contribution in [0.15, 0.2) is 40.8 Å². The molecule has 1 aromatic heterocycles. The molecule has 120 valence electrons. The van der Waals surface area contributed by atoms with Gasteiger partial charge in [0.1, 0.15) is 11.5 Å². The van der Waals surface area contributed by atoms with Gasteiger partial charge in [-0.05, 0) is 49.9 Å². The van der Waals surface area contributed by atoms with E-state index in [1.54, 1.807) is 0 Å². The minimum absolute atomic E-state index is 0.207. The van der Waals surface area contributed by atoms with E-state index < -0.39 is 0 Å². The van der Waals surface area contributed by atoms with Gasteiger partial charge in [-0.3, -0.25) is 4.79 Å². The molecule has 4 rings (SSSR count). The van der Waals surface area contributed by atoms with Crippen LogP contribution in [0.4, 0.5) is 5.69 Å². The molecule has 4 nitrogen and oxygen atoms in total. The molecule has 1 amide bonds. The van der Waals surface area contributed by atoms with Crippen molar-refractivity contribution in [2.45, 2.75) is 38.8 Å². The maximum atomic E-state index is 12.8. The number of para-hydroxylation sites is 1. The number of rotatable bonds is 5. The highest BCUT2D eigenvalue weighted by Crippen LogP contribution is 2.31. The molecule has 0 bridgehead atoms. The van der Waals surface area contributed by atoms with E-state index in [4.69, 9.17) is 4.42 Å². The summed E-state index contributed by atoms with van der Waals surface area (Å²) >= 11 is 0. The first-order valence-electron chi connectivity index (χ1n) is 8.38. The number of hydrogen-bond donors (Lipinski definition) is 0. The molecule has 23 heavy (non-hydrogen) atoms. The molecule has 1 fully saturated rings. The van der Waals surface area contributed by atoms with Gasteiger partial charge in [-0.2, -0.15) is 0 Å². The van der Waals surface area contributed by atoms with E-state index in [0.717, 1.165) is 37.3 Å². The summed E-state index contributed by atoms with van der Waals surface area (Å²) in [4.78, 5) is 17.1. The van der Waals surface area contributed by atoms with Crippen molar-refractivity contribution in [1.29, 1.82) is 0 Å². The summed E-state index contributed by atoms with van der Waals surface area (Å²) in [6.07, 6.45) is 3.26. The van der Waals surface area contributed by atoms with E-state index in [9.17, 15) is 4.79 Å². The van der Waals surface area contributed by atoms with E-state index in [1.807, 2.05) is 30.0 Å². The third-order valence-corrected chi connectivity index (χ3v) is 4.74. The Balaban J connectivity index is 1.46. The highest BCUT2D eigenvalue weighted by Gasteiger charge is 2.34. The third kappa shape index (κ3) is 2.98. The second kappa shape index (κ2) is 5.76. The number of nitrogens with zero attached hydrogens (tertiary/aromatic N) is 2. The first-order valence-corrected chi connectivity index (χ1v) is 8.38. The molecule has 1 aliphatic carbocycles. The van der Waals surface area contributed by atoms with Crippen LogP contribution in [-0.4, -0.2) is 29.9 Å². The average molecular weight is 310 g/mol. The molecule has 0 saturated heterocycles. The van der Waals surface area contributed by atoms with E-state index in [1.165, 1.54) is 11.3 Å². The lowest BCUT2D eigenvalue weighted by Gasteiger charge is -2.26. The van der Waals surface area contributed by atoms with Crippen LogP contribution in [0.2, 0.25) is 0 Å². The molecular formula is C19H22N2O2. The summed E-state index contributed by atoms with van der Waals surface area (Å²) in [7, 11) is 0. The van der Waals surface area contributed by atoms with E-state index in [0.29, 0.717) is 19.1 Å². The number of anilines is 1. The van der Waals surface area contributed by atoms with Crippen molar-refractivity contribution in [1.82, 2.24) is 4.90 Å². The number of amides is 1. The monoisotopic (exact) mass is 310 g/mol. The van der Waals surface area contributed by atoms with Crippen LogP contribution in [0.1, 0.15) is 29.9 Å². The van der Waals surface area contributed by atoms with Crippen LogP contribution in [-0.2, 0) is 17.8 Å². The van der Waals surface area contributed by atoms with Gasteiger partial charge in [-0.1, -0.05) is 18.2 Å². The highest BCUT2D eigenvalue weighted by molar-refractivity contribution is 5.83. The Bertz CT molecular complexity index is 718. The van der Waals surface area contributed by atoms with Crippen LogP contribution < -0.4 is 4.90 Å². The molecule has 0 atom stereocenters. The Morgan fingerprint density at radius 1 is 1.26 bits per heavy atom. The molecule has 0 N–H and O–H groups in total. The average Bonchev–Trinajstić information content (AvgIpc) is 3.19. The van der Waals surface area contributed by atoms with Crippen molar-refractivity contribution < 1.29 is 9.21 Å². The summed E-state index contributed by atoms with van der Waals surface area (Å²) in [6, 6.07) is 12.7. The summed E-state index contributed by atoms with van der Waals surface area (Å²) in [5.74, 6) is 1.99. The van der Waals surface area contributed by atoms with E-state index in [2.05, 4.69) is 23.1 Å². The van der Waals surface area contributed by atoms with Gasteiger partial charge in [0.15, 0.2) is 0 Å². The van der Waals surface area contributed by atoms with Crippen molar-refractivity contribution in [3.8, 4) is 0 Å². The molecule has 0 spiro atoms. The number of furan rings is 1. The summed E-state index contributed by atoms with van der Waals surface area (Å²) < 4.78 is 5.66. The molecule has 2 aromatic rings. The molecule has 1 saturated carbocycles. The zero-order valence-electron chi connectivity index (χ0n) is 13.5. The maximum Gasteiger partial charge on any atom is 0.242 e. The lowest BCUT2D eigenvalue weighted by atomic mass is 10.2. The Morgan fingerprint density at radius 2 is 2.09 bits per heavy atom. The first-order chi connectivity index (χ1) is 11.2. The zero-order chi connectivity index (χ0) is 15.8. The molecule has 0 radical (unpaired) electrons. The summed E-state index contributed by atoms with van der Waals surface area (Å²) in [5.41, 5.74) is 2.56. The summed E-state index contributed by atoms with van der Waals surface area (Å²) in [6.45, 7) is 3.93. The first kappa shape index (κ1) is 14.4.